The lowest BCUT2D eigenvalue weighted by molar-refractivity contribution is -0.394. The number of halogens is 3. The maximum absolute atomic E-state index is 13.0. The third-order valence-corrected chi connectivity index (χ3v) is 3.41. The summed E-state index contributed by atoms with van der Waals surface area (Å²) >= 11 is 0. The van der Waals surface area contributed by atoms with E-state index in [-0.39, 0.29) is 17.2 Å². The summed E-state index contributed by atoms with van der Waals surface area (Å²) in [6.07, 6.45) is -8.18. The van der Waals surface area contributed by atoms with Gasteiger partial charge in [0.2, 0.25) is 0 Å². The molecule has 0 radical (unpaired) electrons. The van der Waals surface area contributed by atoms with Crippen LogP contribution in [0.1, 0.15) is 0 Å². The van der Waals surface area contributed by atoms with E-state index < -0.39 is 18.3 Å². The minimum atomic E-state index is -5.30. The minimum absolute atomic E-state index is 0.0503. The van der Waals surface area contributed by atoms with Crippen LogP contribution in [0.2, 0.25) is 0 Å². The first-order valence-electron chi connectivity index (χ1n) is 8.39. The lowest BCUT2D eigenvalue weighted by atomic mass is 10.3. The Hall–Kier alpha value is -3.68. The van der Waals surface area contributed by atoms with Crippen molar-refractivity contribution in [3.63, 3.8) is 0 Å². The van der Waals surface area contributed by atoms with Gasteiger partial charge in [-0.15, -0.1) is 0 Å². The molecule has 5 nitrogen and oxygen atoms in total. The van der Waals surface area contributed by atoms with E-state index in [2.05, 4.69) is 4.74 Å². The zero-order valence-electron chi connectivity index (χ0n) is 14.8. The minimum Gasteiger partial charge on any atom is -0.386 e. The molecule has 0 atom stereocenters. The van der Waals surface area contributed by atoms with Crippen molar-refractivity contribution in [2.45, 2.75) is 12.3 Å². The van der Waals surface area contributed by atoms with Gasteiger partial charge in [-0.25, -0.2) is 4.79 Å². The number of rotatable bonds is 7. The Morgan fingerprint density at radius 3 is 1.17 bits per heavy atom. The van der Waals surface area contributed by atoms with Gasteiger partial charge in [0.05, 0.1) is 0 Å². The van der Waals surface area contributed by atoms with Gasteiger partial charge in [0.1, 0.15) is 17.2 Å². The number of benzene rings is 3. The SMILES string of the molecule is O=C(OC(Oc1ccccc1)(Oc1ccccc1)Oc1ccccc1)C(F)(F)F. The monoisotopic (exact) mass is 404 g/mol. The van der Waals surface area contributed by atoms with Gasteiger partial charge in [0, 0.05) is 0 Å². The van der Waals surface area contributed by atoms with Crippen LogP contribution >= 0.6 is 0 Å². The van der Waals surface area contributed by atoms with Crippen LogP contribution in [0.15, 0.2) is 91.0 Å². The van der Waals surface area contributed by atoms with Gasteiger partial charge in [0.25, 0.3) is 0 Å². The molecule has 3 rings (SSSR count). The number of esters is 1. The van der Waals surface area contributed by atoms with E-state index in [1.807, 2.05) is 0 Å². The van der Waals surface area contributed by atoms with Gasteiger partial charge in [-0.1, -0.05) is 54.6 Å². The first-order valence-corrected chi connectivity index (χ1v) is 8.39. The normalized spacial score (nSPS) is 11.4. The molecule has 0 bridgehead atoms. The molecule has 0 spiro atoms. The molecular formula is C21H15F3O5. The van der Waals surface area contributed by atoms with E-state index in [0.717, 1.165) is 0 Å². The Balaban J connectivity index is 2.03. The van der Waals surface area contributed by atoms with Crippen LogP contribution in [0.5, 0.6) is 17.2 Å². The molecule has 0 fully saturated rings. The third kappa shape index (κ3) is 5.65. The third-order valence-electron chi connectivity index (χ3n) is 3.41. The molecular weight excluding hydrogens is 389 g/mol. The highest BCUT2D eigenvalue weighted by molar-refractivity contribution is 5.75. The van der Waals surface area contributed by atoms with Crippen LogP contribution < -0.4 is 14.2 Å². The predicted octanol–water partition coefficient (Wildman–Crippen LogP) is 4.94. The number of alkyl halides is 3. The van der Waals surface area contributed by atoms with Crippen molar-refractivity contribution in [1.82, 2.24) is 0 Å². The molecule has 0 N–H and O–H groups in total. The van der Waals surface area contributed by atoms with Gasteiger partial charge in [-0.3, -0.25) is 0 Å². The summed E-state index contributed by atoms with van der Waals surface area (Å²) in [7, 11) is 0. The summed E-state index contributed by atoms with van der Waals surface area (Å²) in [5.41, 5.74) is 0. The molecule has 3 aromatic carbocycles. The van der Waals surface area contributed by atoms with Crippen molar-refractivity contribution in [3.8, 4) is 17.2 Å². The Bertz CT molecular complexity index is 814. The van der Waals surface area contributed by atoms with E-state index in [1.165, 1.54) is 36.4 Å². The highest BCUT2D eigenvalue weighted by Gasteiger charge is 2.53. The number of hydrogen-bond donors (Lipinski definition) is 0. The van der Waals surface area contributed by atoms with Crippen LogP contribution in [-0.2, 0) is 9.53 Å². The Kier molecular flexibility index (Phi) is 5.92. The van der Waals surface area contributed by atoms with E-state index in [4.69, 9.17) is 14.2 Å². The summed E-state index contributed by atoms with van der Waals surface area (Å²) in [4.78, 5) is 11.7. The lowest BCUT2D eigenvalue weighted by Crippen LogP contribution is -2.54. The topological polar surface area (TPSA) is 54.0 Å². The van der Waals surface area contributed by atoms with Crippen molar-refractivity contribution in [3.05, 3.63) is 91.0 Å². The number of ether oxygens (including phenoxy) is 4. The van der Waals surface area contributed by atoms with Crippen LogP contribution in [0.3, 0.4) is 0 Å². The maximum atomic E-state index is 13.0. The Labute approximate surface area is 164 Å². The molecule has 0 heterocycles. The predicted molar refractivity (Wildman–Crippen MR) is 96.1 cm³/mol. The van der Waals surface area contributed by atoms with E-state index >= 15 is 0 Å². The fraction of sp³-hybridized carbons (Fsp3) is 0.0952. The number of carbonyl (C=O) groups is 1. The first-order chi connectivity index (χ1) is 13.9. The fourth-order valence-electron chi connectivity index (χ4n) is 2.20. The fourth-order valence-corrected chi connectivity index (χ4v) is 2.20. The summed E-state index contributed by atoms with van der Waals surface area (Å²) in [5, 5.41) is 0. The molecule has 0 saturated heterocycles. The van der Waals surface area contributed by atoms with Crippen molar-refractivity contribution in [2.75, 3.05) is 0 Å². The highest BCUT2D eigenvalue weighted by atomic mass is 19.4. The number of carbonyl (C=O) groups excluding carboxylic acids is 1. The molecule has 0 unspecified atom stereocenters. The van der Waals surface area contributed by atoms with Crippen LogP contribution in [0.25, 0.3) is 0 Å². The quantitative estimate of drug-likeness (QED) is 0.412. The molecule has 0 amide bonds. The Morgan fingerprint density at radius 2 is 0.897 bits per heavy atom. The molecule has 3 aromatic rings. The van der Waals surface area contributed by atoms with Crippen LogP contribution in [0, 0.1) is 0 Å². The maximum Gasteiger partial charge on any atom is 0.613 e. The molecule has 0 aromatic heterocycles. The Morgan fingerprint density at radius 1 is 0.586 bits per heavy atom. The van der Waals surface area contributed by atoms with E-state index in [0.29, 0.717) is 0 Å². The second-order valence-electron chi connectivity index (χ2n) is 5.63. The van der Waals surface area contributed by atoms with Gasteiger partial charge < -0.3 is 18.9 Å². The highest BCUT2D eigenvalue weighted by Crippen LogP contribution is 2.30. The standard InChI is InChI=1S/C21H15F3O5/c22-20(23,24)19(25)29-21(26-16-10-4-1-5-11-16,27-17-12-6-2-7-13-17)28-18-14-8-3-9-15-18/h1-15H. The summed E-state index contributed by atoms with van der Waals surface area (Å²) in [5.74, 6) is -2.39. The molecule has 0 saturated carbocycles. The molecule has 8 heteroatoms. The first kappa shape index (κ1) is 20.1. The van der Waals surface area contributed by atoms with Crippen LogP contribution in [0.4, 0.5) is 13.2 Å². The molecule has 0 aliphatic heterocycles. The summed E-state index contributed by atoms with van der Waals surface area (Å²) in [6, 6.07) is 23.2. The second-order valence-corrected chi connectivity index (χ2v) is 5.63. The van der Waals surface area contributed by atoms with Gasteiger partial charge in [-0.2, -0.15) is 13.2 Å². The van der Waals surface area contributed by atoms with Gasteiger partial charge >= 0.3 is 18.3 Å². The van der Waals surface area contributed by atoms with Crippen molar-refractivity contribution >= 4 is 5.97 Å². The lowest BCUT2D eigenvalue weighted by Gasteiger charge is -2.31. The average molecular weight is 404 g/mol. The molecule has 0 aliphatic rings. The van der Waals surface area contributed by atoms with E-state index in [1.54, 1.807) is 54.6 Å². The smallest absolute Gasteiger partial charge is 0.386 e. The van der Waals surface area contributed by atoms with Crippen molar-refractivity contribution < 1.29 is 36.9 Å². The van der Waals surface area contributed by atoms with Crippen LogP contribution in [-0.4, -0.2) is 18.3 Å². The van der Waals surface area contributed by atoms with Crippen molar-refractivity contribution in [2.24, 2.45) is 0 Å². The molecule has 29 heavy (non-hydrogen) atoms. The van der Waals surface area contributed by atoms with Crippen molar-refractivity contribution in [1.29, 1.82) is 0 Å². The molecule has 0 aliphatic carbocycles. The number of hydrogen-bond acceptors (Lipinski definition) is 5. The van der Waals surface area contributed by atoms with Gasteiger partial charge in [-0.05, 0) is 36.4 Å². The van der Waals surface area contributed by atoms with E-state index in [9.17, 15) is 18.0 Å². The second kappa shape index (κ2) is 8.55. The average Bonchev–Trinajstić information content (AvgIpc) is 2.69. The summed E-state index contributed by atoms with van der Waals surface area (Å²) < 4.78 is 59.9. The number of para-hydroxylation sites is 3. The zero-order valence-corrected chi connectivity index (χ0v) is 14.8. The summed E-state index contributed by atoms with van der Waals surface area (Å²) in [6.45, 7) is 0. The largest absolute Gasteiger partial charge is 0.613 e. The zero-order chi connectivity index (χ0) is 20.7. The van der Waals surface area contributed by atoms with Gasteiger partial charge in [0.15, 0.2) is 0 Å². The molecule has 150 valence electrons.